The largest absolute Gasteiger partial charge is 0.466 e. The summed E-state index contributed by atoms with van der Waals surface area (Å²) in [7, 11) is 2.30. The van der Waals surface area contributed by atoms with Crippen molar-refractivity contribution >= 4 is 45.3 Å². The summed E-state index contributed by atoms with van der Waals surface area (Å²) in [6, 6.07) is 3.89. The first-order valence-electron chi connectivity index (χ1n) is 6.98. The van der Waals surface area contributed by atoms with Gasteiger partial charge in [0.05, 0.1) is 32.1 Å². The van der Waals surface area contributed by atoms with E-state index in [-0.39, 0.29) is 45.7 Å². The van der Waals surface area contributed by atoms with Crippen LogP contribution >= 0.6 is 27.7 Å². The molecule has 0 N–H and O–H groups in total. The monoisotopic (exact) mass is 455 g/mol. The van der Waals surface area contributed by atoms with Crippen LogP contribution in [0.25, 0.3) is 0 Å². The third kappa shape index (κ3) is 4.71. The van der Waals surface area contributed by atoms with Crippen molar-refractivity contribution in [3.05, 3.63) is 33.9 Å². The zero-order valence-electron chi connectivity index (χ0n) is 13.6. The summed E-state index contributed by atoms with van der Waals surface area (Å²) < 4.78 is 52.5. The first-order chi connectivity index (χ1) is 12.2. The number of carbonyl (C=O) groups is 2. The number of esters is 2. The van der Waals surface area contributed by atoms with Gasteiger partial charge in [0, 0.05) is 9.37 Å². The standard InChI is InChI=1S/C15H13BrF3NO5S/c1-23-13(21)9-6-25-7-20(12(9)14(22)24-2)11-4-3-8(5-10(11)16)26-15(17,18)19/h3-5H,6-7H2,1-2H3. The van der Waals surface area contributed by atoms with Crippen LogP contribution in [0, 0.1) is 0 Å². The number of benzene rings is 1. The molecule has 1 aliphatic rings. The van der Waals surface area contributed by atoms with E-state index >= 15 is 0 Å². The van der Waals surface area contributed by atoms with E-state index in [1.54, 1.807) is 0 Å². The minimum atomic E-state index is -4.43. The second-order valence-electron chi connectivity index (χ2n) is 4.88. The molecule has 0 radical (unpaired) electrons. The molecular weight excluding hydrogens is 443 g/mol. The van der Waals surface area contributed by atoms with Crippen molar-refractivity contribution in [1.29, 1.82) is 0 Å². The highest BCUT2D eigenvalue weighted by molar-refractivity contribution is 9.10. The van der Waals surface area contributed by atoms with E-state index in [9.17, 15) is 22.8 Å². The molecule has 0 fully saturated rings. The molecule has 142 valence electrons. The van der Waals surface area contributed by atoms with Gasteiger partial charge >= 0.3 is 17.4 Å². The number of ether oxygens (including phenoxy) is 3. The number of methoxy groups -OCH3 is 2. The van der Waals surface area contributed by atoms with Crippen LogP contribution in [0.5, 0.6) is 0 Å². The van der Waals surface area contributed by atoms with Crippen LogP contribution < -0.4 is 4.90 Å². The fourth-order valence-electron chi connectivity index (χ4n) is 2.24. The lowest BCUT2D eigenvalue weighted by atomic mass is 10.1. The molecule has 0 spiro atoms. The highest BCUT2D eigenvalue weighted by atomic mass is 79.9. The van der Waals surface area contributed by atoms with Gasteiger partial charge in [-0.3, -0.25) is 0 Å². The van der Waals surface area contributed by atoms with Crippen molar-refractivity contribution in [1.82, 2.24) is 0 Å². The zero-order chi connectivity index (χ0) is 19.5. The van der Waals surface area contributed by atoms with Gasteiger partial charge in [0.2, 0.25) is 0 Å². The number of hydrogen-bond donors (Lipinski definition) is 0. The SMILES string of the molecule is COC(=O)C1=C(C(=O)OC)N(c2ccc(SC(F)(F)F)cc2Br)COC1. The molecule has 0 atom stereocenters. The first-order valence-corrected chi connectivity index (χ1v) is 8.59. The number of rotatable bonds is 4. The molecule has 0 unspecified atom stereocenters. The molecule has 1 aliphatic heterocycles. The van der Waals surface area contributed by atoms with Gasteiger partial charge in [-0.25, -0.2) is 9.59 Å². The van der Waals surface area contributed by atoms with Gasteiger partial charge in [-0.2, -0.15) is 13.2 Å². The molecule has 0 bridgehead atoms. The van der Waals surface area contributed by atoms with E-state index < -0.39 is 17.4 Å². The van der Waals surface area contributed by atoms with Gasteiger partial charge in [0.1, 0.15) is 12.4 Å². The number of carbonyl (C=O) groups excluding carboxylic acids is 2. The van der Waals surface area contributed by atoms with Crippen LogP contribution in [-0.2, 0) is 23.8 Å². The summed E-state index contributed by atoms with van der Waals surface area (Å²) in [5, 5.41) is 0. The van der Waals surface area contributed by atoms with Gasteiger partial charge in [-0.05, 0) is 45.9 Å². The van der Waals surface area contributed by atoms with Crippen molar-refractivity contribution in [2.75, 3.05) is 32.5 Å². The predicted octanol–water partition coefficient (Wildman–Crippen LogP) is 3.46. The third-order valence-electron chi connectivity index (χ3n) is 3.28. The highest BCUT2D eigenvalue weighted by Crippen LogP contribution is 2.40. The minimum absolute atomic E-state index is 0.0390. The van der Waals surface area contributed by atoms with Crippen LogP contribution in [0.4, 0.5) is 18.9 Å². The second-order valence-corrected chi connectivity index (χ2v) is 6.87. The van der Waals surface area contributed by atoms with Gasteiger partial charge in [-0.1, -0.05) is 0 Å². The Bertz CT molecular complexity index is 753. The normalized spacial score (nSPS) is 15.1. The van der Waals surface area contributed by atoms with Gasteiger partial charge in [-0.15, -0.1) is 0 Å². The molecule has 26 heavy (non-hydrogen) atoms. The Morgan fingerprint density at radius 3 is 2.42 bits per heavy atom. The van der Waals surface area contributed by atoms with E-state index in [1.165, 1.54) is 23.1 Å². The number of halogens is 4. The van der Waals surface area contributed by atoms with Gasteiger partial charge in [0.25, 0.3) is 0 Å². The fraction of sp³-hybridized carbons (Fsp3) is 0.333. The lowest BCUT2D eigenvalue weighted by Gasteiger charge is -2.32. The van der Waals surface area contributed by atoms with Crippen molar-refractivity contribution in [2.45, 2.75) is 10.4 Å². The summed E-state index contributed by atoms with van der Waals surface area (Å²) >= 11 is 2.93. The van der Waals surface area contributed by atoms with E-state index in [2.05, 4.69) is 20.7 Å². The van der Waals surface area contributed by atoms with Crippen LogP contribution in [0.3, 0.4) is 0 Å². The lowest BCUT2D eigenvalue weighted by Crippen LogP contribution is -2.39. The molecule has 11 heteroatoms. The van der Waals surface area contributed by atoms with Crippen LogP contribution in [0.1, 0.15) is 0 Å². The average molecular weight is 456 g/mol. The fourth-order valence-corrected chi connectivity index (χ4v) is 3.56. The number of hydrogen-bond acceptors (Lipinski definition) is 7. The molecular formula is C15H13BrF3NO5S. The lowest BCUT2D eigenvalue weighted by molar-refractivity contribution is -0.140. The molecule has 0 aromatic heterocycles. The number of alkyl halides is 3. The molecule has 1 aromatic carbocycles. The van der Waals surface area contributed by atoms with E-state index in [4.69, 9.17) is 9.47 Å². The summed E-state index contributed by atoms with van der Waals surface area (Å²) in [6.07, 6.45) is 0. The molecule has 6 nitrogen and oxygen atoms in total. The van der Waals surface area contributed by atoms with E-state index in [0.717, 1.165) is 14.2 Å². The Hall–Kier alpha value is -1.72. The second kappa shape index (κ2) is 8.31. The Balaban J connectivity index is 2.48. The Labute approximate surface area is 159 Å². The third-order valence-corrected chi connectivity index (χ3v) is 4.63. The van der Waals surface area contributed by atoms with Crippen molar-refractivity contribution in [3.8, 4) is 0 Å². The Kier molecular flexibility index (Phi) is 6.58. The van der Waals surface area contributed by atoms with Crippen LogP contribution in [0.15, 0.2) is 38.8 Å². The van der Waals surface area contributed by atoms with Crippen molar-refractivity contribution in [3.63, 3.8) is 0 Å². The summed E-state index contributed by atoms with van der Waals surface area (Å²) in [6.45, 7) is -0.261. The van der Waals surface area contributed by atoms with E-state index in [1.807, 2.05) is 0 Å². The molecule has 1 aromatic rings. The Morgan fingerprint density at radius 2 is 1.88 bits per heavy atom. The van der Waals surface area contributed by atoms with Gasteiger partial charge < -0.3 is 19.1 Å². The molecule has 0 saturated heterocycles. The van der Waals surface area contributed by atoms with Crippen LogP contribution in [-0.4, -0.2) is 45.0 Å². The summed E-state index contributed by atoms with van der Waals surface area (Å²) in [5.74, 6) is -1.56. The quantitative estimate of drug-likeness (QED) is 0.508. The highest BCUT2D eigenvalue weighted by Gasteiger charge is 2.34. The average Bonchev–Trinajstić information content (AvgIpc) is 2.58. The first kappa shape index (κ1) is 20.6. The Morgan fingerprint density at radius 1 is 1.23 bits per heavy atom. The smallest absolute Gasteiger partial charge is 0.446 e. The maximum atomic E-state index is 12.5. The number of thioether (sulfide) groups is 1. The van der Waals surface area contributed by atoms with Crippen molar-refractivity contribution < 1.29 is 37.0 Å². The van der Waals surface area contributed by atoms with E-state index in [0.29, 0.717) is 5.69 Å². The maximum Gasteiger partial charge on any atom is 0.446 e. The predicted molar refractivity (Wildman–Crippen MR) is 90.4 cm³/mol. The topological polar surface area (TPSA) is 65.1 Å². The molecule has 0 saturated carbocycles. The molecule has 0 amide bonds. The molecule has 2 rings (SSSR count). The van der Waals surface area contributed by atoms with Crippen molar-refractivity contribution in [2.24, 2.45) is 0 Å². The number of anilines is 1. The minimum Gasteiger partial charge on any atom is -0.466 e. The molecule has 1 heterocycles. The summed E-state index contributed by atoms with van der Waals surface area (Å²) in [4.78, 5) is 25.4. The summed E-state index contributed by atoms with van der Waals surface area (Å²) in [5.41, 5.74) is -4.24. The van der Waals surface area contributed by atoms with Crippen LogP contribution in [0.2, 0.25) is 0 Å². The maximum absolute atomic E-state index is 12.5. The zero-order valence-corrected chi connectivity index (χ0v) is 16.0. The number of nitrogens with zero attached hydrogens (tertiary/aromatic N) is 1. The molecule has 0 aliphatic carbocycles. The van der Waals surface area contributed by atoms with Gasteiger partial charge in [0.15, 0.2) is 0 Å².